The van der Waals surface area contributed by atoms with Crippen LogP contribution in [0.25, 0.3) is 0 Å². The highest BCUT2D eigenvalue weighted by Gasteiger charge is 2.30. The van der Waals surface area contributed by atoms with Gasteiger partial charge in [-0.1, -0.05) is 67.6 Å². The Labute approximate surface area is 159 Å². The van der Waals surface area contributed by atoms with Gasteiger partial charge in [0.05, 0.1) is 5.60 Å². The van der Waals surface area contributed by atoms with Crippen LogP contribution in [0.2, 0.25) is 0 Å². The SMILES string of the molecule is CC1(C)C[C@@H](NCC[C@](C)(Cc2ccccc2)c2ccccc2)CCO1. The molecular weight excluding hydrogens is 318 g/mol. The molecule has 1 fully saturated rings. The van der Waals surface area contributed by atoms with Crippen LogP contribution in [0.1, 0.15) is 51.2 Å². The lowest BCUT2D eigenvalue weighted by Crippen LogP contribution is -2.44. The van der Waals surface area contributed by atoms with E-state index in [1.54, 1.807) is 0 Å². The average molecular weight is 352 g/mol. The molecule has 2 aromatic carbocycles. The van der Waals surface area contributed by atoms with E-state index in [1.165, 1.54) is 11.1 Å². The zero-order valence-electron chi connectivity index (χ0n) is 16.5. The van der Waals surface area contributed by atoms with Gasteiger partial charge >= 0.3 is 0 Å². The topological polar surface area (TPSA) is 21.3 Å². The van der Waals surface area contributed by atoms with Crippen LogP contribution in [0.4, 0.5) is 0 Å². The first kappa shape index (κ1) is 19.1. The third-order valence-corrected chi connectivity index (χ3v) is 5.71. The summed E-state index contributed by atoms with van der Waals surface area (Å²) in [6.45, 7) is 8.71. The molecule has 2 aromatic rings. The number of hydrogen-bond acceptors (Lipinski definition) is 2. The first-order valence-corrected chi connectivity index (χ1v) is 9.94. The molecule has 26 heavy (non-hydrogen) atoms. The minimum absolute atomic E-state index is 0.00267. The number of ether oxygens (including phenoxy) is 1. The molecule has 1 aliphatic heterocycles. The lowest BCUT2D eigenvalue weighted by molar-refractivity contribution is -0.0629. The maximum atomic E-state index is 5.85. The standard InChI is InChI=1S/C24H33NO/c1-23(2)19-22(14-17-26-23)25-16-15-24(3,21-12-8-5-9-13-21)18-20-10-6-4-7-11-20/h4-13,22,25H,14-19H2,1-3H3/t22-,24+/m0/s1. The van der Waals surface area contributed by atoms with E-state index in [0.717, 1.165) is 38.8 Å². The quantitative estimate of drug-likeness (QED) is 0.747. The van der Waals surface area contributed by atoms with Crippen LogP contribution in [-0.4, -0.2) is 24.8 Å². The van der Waals surface area contributed by atoms with Crippen LogP contribution < -0.4 is 5.32 Å². The fraction of sp³-hybridized carbons (Fsp3) is 0.500. The third kappa shape index (κ3) is 5.18. The molecule has 1 N–H and O–H groups in total. The van der Waals surface area contributed by atoms with Gasteiger partial charge in [-0.25, -0.2) is 0 Å². The summed E-state index contributed by atoms with van der Waals surface area (Å²) in [6, 6.07) is 22.4. The summed E-state index contributed by atoms with van der Waals surface area (Å²) in [5.74, 6) is 0. The third-order valence-electron chi connectivity index (χ3n) is 5.71. The number of rotatable bonds is 7. The molecular formula is C24H33NO. The molecule has 2 nitrogen and oxygen atoms in total. The van der Waals surface area contributed by atoms with Gasteiger partial charge in [0, 0.05) is 12.6 Å². The molecule has 140 valence electrons. The molecule has 0 unspecified atom stereocenters. The van der Waals surface area contributed by atoms with Crippen molar-refractivity contribution in [3.05, 3.63) is 71.8 Å². The Balaban J connectivity index is 1.66. The molecule has 1 aliphatic rings. The van der Waals surface area contributed by atoms with Crippen LogP contribution >= 0.6 is 0 Å². The minimum Gasteiger partial charge on any atom is -0.375 e. The van der Waals surface area contributed by atoms with Crippen molar-refractivity contribution in [3.63, 3.8) is 0 Å². The zero-order valence-corrected chi connectivity index (χ0v) is 16.5. The zero-order chi connectivity index (χ0) is 18.5. The summed E-state index contributed by atoms with van der Waals surface area (Å²) >= 11 is 0. The highest BCUT2D eigenvalue weighted by Crippen LogP contribution is 2.32. The van der Waals surface area contributed by atoms with Gasteiger partial charge in [-0.15, -0.1) is 0 Å². The predicted octanol–water partition coefficient (Wildman–Crippen LogP) is 5.12. The second-order valence-electron chi connectivity index (χ2n) is 8.59. The van der Waals surface area contributed by atoms with Gasteiger partial charge in [-0.05, 0) is 62.6 Å². The average Bonchev–Trinajstić information content (AvgIpc) is 2.62. The fourth-order valence-electron chi connectivity index (χ4n) is 4.18. The Morgan fingerprint density at radius 1 is 1.04 bits per heavy atom. The van der Waals surface area contributed by atoms with Crippen molar-refractivity contribution in [2.24, 2.45) is 0 Å². The molecule has 3 rings (SSSR count). The van der Waals surface area contributed by atoms with Crippen molar-refractivity contribution in [1.29, 1.82) is 0 Å². The largest absolute Gasteiger partial charge is 0.375 e. The highest BCUT2D eigenvalue weighted by atomic mass is 16.5. The molecule has 0 spiro atoms. The molecule has 1 saturated heterocycles. The second-order valence-corrected chi connectivity index (χ2v) is 8.59. The van der Waals surface area contributed by atoms with Crippen molar-refractivity contribution in [2.45, 2.75) is 63.5 Å². The summed E-state index contributed by atoms with van der Waals surface area (Å²) < 4.78 is 5.85. The van der Waals surface area contributed by atoms with Gasteiger partial charge in [0.25, 0.3) is 0 Å². The molecule has 2 atom stereocenters. The summed E-state index contributed by atoms with van der Waals surface area (Å²) in [5.41, 5.74) is 2.97. The van der Waals surface area contributed by atoms with Crippen LogP contribution in [0, 0.1) is 0 Å². The molecule has 0 aliphatic carbocycles. The van der Waals surface area contributed by atoms with Gasteiger partial charge in [0.15, 0.2) is 0 Å². The molecule has 0 amide bonds. The van der Waals surface area contributed by atoms with E-state index in [9.17, 15) is 0 Å². The molecule has 0 aromatic heterocycles. The molecule has 1 heterocycles. The Morgan fingerprint density at radius 3 is 2.35 bits per heavy atom. The first-order valence-electron chi connectivity index (χ1n) is 9.94. The summed E-state index contributed by atoms with van der Waals surface area (Å²) in [5, 5.41) is 3.81. The number of hydrogen-bond donors (Lipinski definition) is 1. The first-order chi connectivity index (χ1) is 12.5. The fourth-order valence-corrected chi connectivity index (χ4v) is 4.18. The van der Waals surface area contributed by atoms with E-state index in [0.29, 0.717) is 6.04 Å². The Kier molecular flexibility index (Phi) is 6.16. The lowest BCUT2D eigenvalue weighted by atomic mass is 9.74. The van der Waals surface area contributed by atoms with Crippen molar-refractivity contribution >= 4 is 0 Å². The normalized spacial score (nSPS) is 21.9. The number of benzene rings is 2. The van der Waals surface area contributed by atoms with E-state index in [2.05, 4.69) is 86.8 Å². The Bertz CT molecular complexity index is 667. The van der Waals surface area contributed by atoms with Crippen LogP contribution in [0.15, 0.2) is 60.7 Å². The smallest absolute Gasteiger partial charge is 0.0641 e. The van der Waals surface area contributed by atoms with Crippen molar-refractivity contribution < 1.29 is 4.74 Å². The monoisotopic (exact) mass is 351 g/mol. The van der Waals surface area contributed by atoms with Gasteiger partial charge in [-0.2, -0.15) is 0 Å². The maximum Gasteiger partial charge on any atom is 0.0641 e. The van der Waals surface area contributed by atoms with E-state index in [-0.39, 0.29) is 11.0 Å². The van der Waals surface area contributed by atoms with Crippen molar-refractivity contribution in [1.82, 2.24) is 5.32 Å². The lowest BCUT2D eigenvalue weighted by Gasteiger charge is -2.37. The molecule has 0 bridgehead atoms. The Hall–Kier alpha value is -1.64. The second kappa shape index (κ2) is 8.37. The summed E-state index contributed by atoms with van der Waals surface area (Å²) in [4.78, 5) is 0. The van der Waals surface area contributed by atoms with Crippen molar-refractivity contribution in [3.8, 4) is 0 Å². The van der Waals surface area contributed by atoms with E-state index >= 15 is 0 Å². The van der Waals surface area contributed by atoms with Gasteiger partial charge in [0.2, 0.25) is 0 Å². The van der Waals surface area contributed by atoms with Gasteiger partial charge < -0.3 is 10.1 Å². The van der Waals surface area contributed by atoms with E-state index in [1.807, 2.05) is 0 Å². The molecule has 2 heteroatoms. The van der Waals surface area contributed by atoms with E-state index in [4.69, 9.17) is 4.74 Å². The van der Waals surface area contributed by atoms with Crippen LogP contribution in [-0.2, 0) is 16.6 Å². The van der Waals surface area contributed by atoms with E-state index < -0.39 is 0 Å². The highest BCUT2D eigenvalue weighted by molar-refractivity contribution is 5.29. The predicted molar refractivity (Wildman–Crippen MR) is 110 cm³/mol. The minimum atomic E-state index is 0.00267. The van der Waals surface area contributed by atoms with Gasteiger partial charge in [0.1, 0.15) is 0 Å². The summed E-state index contributed by atoms with van der Waals surface area (Å²) in [6.07, 6.45) is 4.40. The molecule has 0 saturated carbocycles. The van der Waals surface area contributed by atoms with Crippen molar-refractivity contribution in [2.75, 3.05) is 13.2 Å². The summed E-state index contributed by atoms with van der Waals surface area (Å²) in [7, 11) is 0. The Morgan fingerprint density at radius 2 is 1.69 bits per heavy atom. The number of nitrogens with one attached hydrogen (secondary N) is 1. The van der Waals surface area contributed by atoms with Crippen LogP contribution in [0.3, 0.4) is 0 Å². The maximum absolute atomic E-state index is 5.85. The molecule has 0 radical (unpaired) electrons. The van der Waals surface area contributed by atoms with Crippen LogP contribution in [0.5, 0.6) is 0 Å². The van der Waals surface area contributed by atoms with Gasteiger partial charge in [-0.3, -0.25) is 0 Å².